The molecule has 0 heterocycles. The smallest absolute Gasteiger partial charge is 0.00287 e. The summed E-state index contributed by atoms with van der Waals surface area (Å²) in [5.41, 5.74) is 6.15. The molecule has 0 unspecified atom stereocenters. The lowest BCUT2D eigenvalue weighted by Gasteiger charge is -2.10. The Morgan fingerprint density at radius 2 is 2.06 bits per heavy atom. The van der Waals surface area contributed by atoms with Crippen LogP contribution in [-0.4, -0.2) is 0 Å². The third-order valence-electron chi connectivity index (χ3n) is 3.08. The summed E-state index contributed by atoms with van der Waals surface area (Å²) in [6, 6.07) is 8.48. The van der Waals surface area contributed by atoms with Crippen molar-refractivity contribution in [2.45, 2.75) is 19.8 Å². The lowest BCUT2D eigenvalue weighted by atomic mass is 9.95. The van der Waals surface area contributed by atoms with Crippen LogP contribution in [0.5, 0.6) is 0 Å². The summed E-state index contributed by atoms with van der Waals surface area (Å²) in [6.45, 7) is 10.4. The average Bonchev–Trinajstić information content (AvgIpc) is 2.82. The third-order valence-corrected chi connectivity index (χ3v) is 3.08. The lowest BCUT2D eigenvalue weighted by molar-refractivity contribution is 1.18. The van der Waals surface area contributed by atoms with E-state index in [2.05, 4.69) is 62.6 Å². The van der Waals surface area contributed by atoms with Gasteiger partial charge in [0, 0.05) is 0 Å². The maximum absolute atomic E-state index is 4.17. The minimum atomic E-state index is 0.858. The molecule has 0 nitrogen and oxygen atoms in total. The molecule has 0 amide bonds. The fourth-order valence-electron chi connectivity index (χ4n) is 2.05. The van der Waals surface area contributed by atoms with Crippen LogP contribution < -0.4 is 0 Å². The topological polar surface area (TPSA) is 0 Å². The van der Waals surface area contributed by atoms with E-state index in [-0.39, 0.29) is 0 Å². The monoisotopic (exact) mass is 222 g/mol. The van der Waals surface area contributed by atoms with Crippen molar-refractivity contribution in [1.29, 1.82) is 0 Å². The molecule has 2 rings (SSSR count). The highest BCUT2D eigenvalue weighted by molar-refractivity contribution is 5.67. The Morgan fingerprint density at radius 1 is 1.24 bits per heavy atom. The highest BCUT2D eigenvalue weighted by atomic mass is 14.1. The van der Waals surface area contributed by atoms with Crippen molar-refractivity contribution in [1.82, 2.24) is 0 Å². The van der Waals surface area contributed by atoms with E-state index in [0.717, 1.165) is 18.4 Å². The summed E-state index contributed by atoms with van der Waals surface area (Å²) < 4.78 is 0. The van der Waals surface area contributed by atoms with Gasteiger partial charge in [-0.2, -0.15) is 0 Å². The first-order valence-electron chi connectivity index (χ1n) is 5.95. The maximum atomic E-state index is 4.17. The standard InChI is InChI=1S/C17H18/c1-13-7-6-10-17(11-13)15(3)12-14(2)16-8-4-5-9-16/h4-8,10-11H,2-3,9,12H2,1H3. The van der Waals surface area contributed by atoms with Gasteiger partial charge in [-0.05, 0) is 42.0 Å². The van der Waals surface area contributed by atoms with Gasteiger partial charge in [-0.15, -0.1) is 0 Å². The van der Waals surface area contributed by atoms with Gasteiger partial charge in [0.05, 0.1) is 0 Å². The first-order valence-corrected chi connectivity index (χ1v) is 5.95. The summed E-state index contributed by atoms with van der Waals surface area (Å²) in [7, 11) is 0. The second-order valence-electron chi connectivity index (χ2n) is 4.58. The molecule has 0 bridgehead atoms. The second-order valence-corrected chi connectivity index (χ2v) is 4.58. The van der Waals surface area contributed by atoms with Crippen molar-refractivity contribution < 1.29 is 0 Å². The Morgan fingerprint density at radius 3 is 2.71 bits per heavy atom. The van der Waals surface area contributed by atoms with Crippen molar-refractivity contribution in [3.05, 3.63) is 77.9 Å². The number of aryl methyl sites for hydroxylation is 1. The van der Waals surface area contributed by atoms with Gasteiger partial charge in [-0.25, -0.2) is 0 Å². The number of benzene rings is 1. The van der Waals surface area contributed by atoms with Gasteiger partial charge in [0.25, 0.3) is 0 Å². The van der Waals surface area contributed by atoms with Crippen LogP contribution in [0.15, 0.2) is 66.8 Å². The molecule has 0 aromatic heterocycles. The summed E-state index contributed by atoms with van der Waals surface area (Å²) in [6.07, 6.45) is 8.27. The van der Waals surface area contributed by atoms with Crippen molar-refractivity contribution in [3.8, 4) is 0 Å². The van der Waals surface area contributed by atoms with Crippen molar-refractivity contribution >= 4 is 5.57 Å². The van der Waals surface area contributed by atoms with Crippen LogP contribution >= 0.6 is 0 Å². The highest BCUT2D eigenvalue weighted by Crippen LogP contribution is 2.27. The molecule has 0 N–H and O–H groups in total. The van der Waals surface area contributed by atoms with E-state index in [1.165, 1.54) is 22.3 Å². The van der Waals surface area contributed by atoms with E-state index in [1.54, 1.807) is 0 Å². The van der Waals surface area contributed by atoms with Crippen LogP contribution in [0.3, 0.4) is 0 Å². The molecule has 0 aliphatic heterocycles. The molecule has 1 aromatic carbocycles. The Bertz CT molecular complexity index is 513. The Hall–Kier alpha value is -1.82. The summed E-state index contributed by atoms with van der Waals surface area (Å²) >= 11 is 0. The van der Waals surface area contributed by atoms with Crippen LogP contribution in [0, 0.1) is 6.92 Å². The molecule has 0 fully saturated rings. The van der Waals surface area contributed by atoms with Gasteiger partial charge < -0.3 is 0 Å². The molecule has 0 spiro atoms. The van der Waals surface area contributed by atoms with Crippen molar-refractivity contribution in [3.63, 3.8) is 0 Å². The Kier molecular flexibility index (Phi) is 3.43. The van der Waals surface area contributed by atoms with Crippen LogP contribution in [0.1, 0.15) is 24.0 Å². The minimum Gasteiger partial charge on any atom is -0.0952 e. The molecule has 0 saturated carbocycles. The number of hydrogen-bond donors (Lipinski definition) is 0. The van der Waals surface area contributed by atoms with Crippen LogP contribution in [-0.2, 0) is 0 Å². The third kappa shape index (κ3) is 2.85. The predicted octanol–water partition coefficient (Wildman–Crippen LogP) is 4.84. The molecule has 0 saturated heterocycles. The van der Waals surface area contributed by atoms with E-state index in [1.807, 2.05) is 0 Å². The minimum absolute atomic E-state index is 0.858. The zero-order valence-corrected chi connectivity index (χ0v) is 10.4. The normalized spacial score (nSPS) is 13.6. The molecule has 86 valence electrons. The van der Waals surface area contributed by atoms with Gasteiger partial charge in [-0.3, -0.25) is 0 Å². The van der Waals surface area contributed by atoms with Gasteiger partial charge >= 0.3 is 0 Å². The Balaban J connectivity index is 2.04. The summed E-state index contributed by atoms with van der Waals surface area (Å²) in [5.74, 6) is 0. The molecule has 1 aliphatic carbocycles. The van der Waals surface area contributed by atoms with E-state index in [4.69, 9.17) is 0 Å². The zero-order valence-electron chi connectivity index (χ0n) is 10.4. The van der Waals surface area contributed by atoms with E-state index >= 15 is 0 Å². The van der Waals surface area contributed by atoms with Crippen LogP contribution in [0.4, 0.5) is 0 Å². The highest BCUT2D eigenvalue weighted by Gasteiger charge is 2.07. The molecule has 0 atom stereocenters. The van der Waals surface area contributed by atoms with Crippen LogP contribution in [0.2, 0.25) is 0 Å². The second kappa shape index (κ2) is 5.01. The fraction of sp³-hybridized carbons (Fsp3) is 0.176. The molecular formula is C17H18. The molecule has 1 aliphatic rings. The van der Waals surface area contributed by atoms with E-state index in [9.17, 15) is 0 Å². The van der Waals surface area contributed by atoms with E-state index in [0.29, 0.717) is 0 Å². The fourth-order valence-corrected chi connectivity index (χ4v) is 2.05. The summed E-state index contributed by atoms with van der Waals surface area (Å²) in [4.78, 5) is 0. The lowest BCUT2D eigenvalue weighted by Crippen LogP contribution is -1.90. The van der Waals surface area contributed by atoms with Crippen molar-refractivity contribution in [2.75, 3.05) is 0 Å². The van der Waals surface area contributed by atoms with Crippen molar-refractivity contribution in [2.24, 2.45) is 0 Å². The molecule has 1 aromatic rings. The zero-order chi connectivity index (χ0) is 12.3. The van der Waals surface area contributed by atoms with Gasteiger partial charge in [-0.1, -0.05) is 61.2 Å². The number of hydrogen-bond acceptors (Lipinski definition) is 0. The quantitative estimate of drug-likeness (QED) is 0.683. The Labute approximate surface area is 104 Å². The van der Waals surface area contributed by atoms with Crippen LogP contribution in [0.25, 0.3) is 5.57 Å². The first-order chi connectivity index (χ1) is 8.16. The maximum Gasteiger partial charge on any atom is -0.00287 e. The summed E-state index contributed by atoms with van der Waals surface area (Å²) in [5, 5.41) is 0. The number of rotatable bonds is 4. The molecule has 0 radical (unpaired) electrons. The molecular weight excluding hydrogens is 204 g/mol. The predicted molar refractivity (Wildman–Crippen MR) is 75.8 cm³/mol. The van der Waals surface area contributed by atoms with E-state index < -0.39 is 0 Å². The largest absolute Gasteiger partial charge is 0.0952 e. The van der Waals surface area contributed by atoms with Gasteiger partial charge in [0.2, 0.25) is 0 Å². The molecule has 0 heteroatoms. The first kappa shape index (κ1) is 11.7. The van der Waals surface area contributed by atoms with Gasteiger partial charge in [0.1, 0.15) is 0 Å². The SMILES string of the molecule is C=C(CC(=C)c1cccc(C)c1)C1=CC=CC1. The molecule has 17 heavy (non-hydrogen) atoms. The number of allylic oxidation sites excluding steroid dienone is 6. The average molecular weight is 222 g/mol. The van der Waals surface area contributed by atoms with Gasteiger partial charge in [0.15, 0.2) is 0 Å².